The first-order valence-corrected chi connectivity index (χ1v) is 6.18. The third-order valence-corrected chi connectivity index (χ3v) is 2.98. The van der Waals surface area contributed by atoms with Crippen LogP contribution in [-0.2, 0) is 9.53 Å². The number of nitrogens with one attached hydrogen (secondary N) is 2. The molecule has 2 heterocycles. The van der Waals surface area contributed by atoms with Gasteiger partial charge in [0.05, 0.1) is 11.8 Å². The van der Waals surface area contributed by atoms with Crippen LogP contribution in [0.15, 0.2) is 12.3 Å². The summed E-state index contributed by atoms with van der Waals surface area (Å²) in [4.78, 5) is 11.8. The van der Waals surface area contributed by atoms with Crippen LogP contribution in [0, 0.1) is 0 Å². The van der Waals surface area contributed by atoms with Gasteiger partial charge in [0.1, 0.15) is 12.4 Å². The van der Waals surface area contributed by atoms with Crippen molar-refractivity contribution in [1.29, 1.82) is 0 Å². The molecule has 2 N–H and O–H groups in total. The molecule has 1 aliphatic heterocycles. The number of carbonyl (C=O) groups excluding carboxylic acids is 1. The maximum absolute atomic E-state index is 11.8. The van der Waals surface area contributed by atoms with Gasteiger partial charge in [-0.3, -0.25) is 4.79 Å². The summed E-state index contributed by atoms with van der Waals surface area (Å²) in [7, 11) is 0. The quantitative estimate of drug-likeness (QED) is 0.812. The van der Waals surface area contributed by atoms with Gasteiger partial charge in [0, 0.05) is 25.2 Å². The van der Waals surface area contributed by atoms with E-state index in [9.17, 15) is 4.79 Å². The van der Waals surface area contributed by atoms with Gasteiger partial charge < -0.3 is 15.4 Å². The zero-order valence-corrected chi connectivity index (χ0v) is 11.1. The van der Waals surface area contributed by atoms with Crippen molar-refractivity contribution in [1.82, 2.24) is 15.1 Å². The molecule has 0 aliphatic carbocycles. The molecule has 6 nitrogen and oxygen atoms in total. The Morgan fingerprint density at radius 1 is 1.67 bits per heavy atom. The molecule has 6 heteroatoms. The summed E-state index contributed by atoms with van der Waals surface area (Å²) >= 11 is 0. The Bertz CT molecular complexity index is 423. The van der Waals surface area contributed by atoms with Crippen LogP contribution in [0.5, 0.6) is 0 Å². The third-order valence-electron chi connectivity index (χ3n) is 2.98. The first kappa shape index (κ1) is 13.0. The minimum atomic E-state index is -0.199. The van der Waals surface area contributed by atoms with E-state index in [4.69, 9.17) is 4.74 Å². The van der Waals surface area contributed by atoms with Crippen LogP contribution in [0.2, 0.25) is 0 Å². The van der Waals surface area contributed by atoms with E-state index >= 15 is 0 Å². The number of anilines is 1. The van der Waals surface area contributed by atoms with Crippen molar-refractivity contribution in [2.45, 2.75) is 32.4 Å². The van der Waals surface area contributed by atoms with Gasteiger partial charge in [-0.15, -0.1) is 0 Å². The van der Waals surface area contributed by atoms with E-state index < -0.39 is 0 Å². The predicted octanol–water partition coefficient (Wildman–Crippen LogP) is 0.781. The standard InChI is InChI=1S/C12H20N4O2/c1-9(2)16-10(4-5-14-16)15-11(17)6-18-12(3)7-13-8-12/h4-5,9,13H,6-8H2,1-3H3,(H,15,17). The predicted molar refractivity (Wildman–Crippen MR) is 68.5 cm³/mol. The van der Waals surface area contributed by atoms with Gasteiger partial charge in [0.15, 0.2) is 0 Å². The molecule has 1 saturated heterocycles. The zero-order valence-electron chi connectivity index (χ0n) is 11.1. The van der Waals surface area contributed by atoms with Gasteiger partial charge in [-0.25, -0.2) is 4.68 Å². The van der Waals surface area contributed by atoms with E-state index in [0.29, 0.717) is 5.82 Å². The van der Waals surface area contributed by atoms with E-state index in [2.05, 4.69) is 15.7 Å². The first-order chi connectivity index (χ1) is 8.50. The van der Waals surface area contributed by atoms with Gasteiger partial charge in [0.2, 0.25) is 0 Å². The van der Waals surface area contributed by atoms with Crippen molar-refractivity contribution in [3.05, 3.63) is 12.3 Å². The largest absolute Gasteiger partial charge is 0.363 e. The lowest BCUT2D eigenvalue weighted by Gasteiger charge is -2.38. The van der Waals surface area contributed by atoms with Crippen molar-refractivity contribution in [2.24, 2.45) is 0 Å². The number of hydrogen-bond donors (Lipinski definition) is 2. The van der Waals surface area contributed by atoms with Crippen LogP contribution in [-0.4, -0.2) is 41.0 Å². The summed E-state index contributed by atoms with van der Waals surface area (Å²) in [6.45, 7) is 7.69. The molecule has 0 radical (unpaired) electrons. The van der Waals surface area contributed by atoms with Crippen molar-refractivity contribution in [2.75, 3.05) is 25.0 Å². The molecule has 0 aromatic carbocycles. The highest BCUT2D eigenvalue weighted by atomic mass is 16.5. The highest BCUT2D eigenvalue weighted by Gasteiger charge is 2.33. The van der Waals surface area contributed by atoms with Gasteiger partial charge >= 0.3 is 0 Å². The normalized spacial score (nSPS) is 17.6. The molecular formula is C12H20N4O2. The summed E-state index contributed by atoms with van der Waals surface area (Å²) in [6, 6.07) is 1.99. The third kappa shape index (κ3) is 2.88. The van der Waals surface area contributed by atoms with Crippen molar-refractivity contribution >= 4 is 11.7 Å². The smallest absolute Gasteiger partial charge is 0.251 e. The van der Waals surface area contributed by atoms with Gasteiger partial charge in [0.25, 0.3) is 5.91 Å². The average molecular weight is 252 g/mol. The van der Waals surface area contributed by atoms with Crippen LogP contribution >= 0.6 is 0 Å². The SMILES string of the molecule is CC(C)n1nccc1NC(=O)COC1(C)CNC1. The minimum Gasteiger partial charge on any atom is -0.363 e. The van der Waals surface area contributed by atoms with E-state index in [1.807, 2.05) is 20.8 Å². The Hall–Kier alpha value is -1.40. The highest BCUT2D eigenvalue weighted by molar-refractivity contribution is 5.90. The van der Waals surface area contributed by atoms with Crippen LogP contribution in [0.25, 0.3) is 0 Å². The molecule has 1 fully saturated rings. The van der Waals surface area contributed by atoms with Crippen molar-refractivity contribution < 1.29 is 9.53 Å². The molecule has 1 aromatic rings. The Labute approximate surface area is 107 Å². The molecule has 0 atom stereocenters. The Balaban J connectivity index is 1.85. The molecule has 0 bridgehead atoms. The fourth-order valence-electron chi connectivity index (χ4n) is 1.82. The second kappa shape index (κ2) is 5.07. The molecule has 0 unspecified atom stereocenters. The Morgan fingerprint density at radius 3 is 2.94 bits per heavy atom. The Morgan fingerprint density at radius 2 is 2.39 bits per heavy atom. The summed E-state index contributed by atoms with van der Waals surface area (Å²) < 4.78 is 7.34. The van der Waals surface area contributed by atoms with Crippen LogP contribution < -0.4 is 10.6 Å². The molecule has 1 amide bonds. The topological polar surface area (TPSA) is 68.2 Å². The zero-order chi connectivity index (χ0) is 13.2. The van der Waals surface area contributed by atoms with E-state index in [0.717, 1.165) is 13.1 Å². The van der Waals surface area contributed by atoms with Gasteiger partial charge in [-0.05, 0) is 20.8 Å². The van der Waals surface area contributed by atoms with Gasteiger partial charge in [-0.1, -0.05) is 0 Å². The number of amides is 1. The lowest BCUT2D eigenvalue weighted by Crippen LogP contribution is -2.59. The van der Waals surface area contributed by atoms with Crippen LogP contribution in [0.1, 0.15) is 26.8 Å². The van der Waals surface area contributed by atoms with Crippen molar-refractivity contribution in [3.8, 4) is 0 Å². The van der Waals surface area contributed by atoms with E-state index in [1.54, 1.807) is 16.9 Å². The van der Waals surface area contributed by atoms with E-state index in [-0.39, 0.29) is 24.2 Å². The number of rotatable bonds is 5. The number of ether oxygens (including phenoxy) is 1. The van der Waals surface area contributed by atoms with Crippen LogP contribution in [0.3, 0.4) is 0 Å². The fourth-order valence-corrected chi connectivity index (χ4v) is 1.82. The maximum Gasteiger partial charge on any atom is 0.251 e. The summed E-state index contributed by atoms with van der Waals surface area (Å²) in [6.07, 6.45) is 1.67. The molecule has 1 aromatic heterocycles. The summed E-state index contributed by atoms with van der Waals surface area (Å²) in [5.41, 5.74) is -0.199. The van der Waals surface area contributed by atoms with Crippen molar-refractivity contribution in [3.63, 3.8) is 0 Å². The average Bonchev–Trinajstić information content (AvgIpc) is 2.72. The van der Waals surface area contributed by atoms with Crippen LogP contribution in [0.4, 0.5) is 5.82 Å². The highest BCUT2D eigenvalue weighted by Crippen LogP contribution is 2.16. The Kier molecular flexibility index (Phi) is 3.68. The summed E-state index contributed by atoms with van der Waals surface area (Å²) in [5, 5.41) is 10.1. The molecule has 1 aliphatic rings. The summed E-state index contributed by atoms with van der Waals surface area (Å²) in [5.74, 6) is 0.556. The lowest BCUT2D eigenvalue weighted by atomic mass is 10.0. The molecule has 2 rings (SSSR count). The second-order valence-corrected chi connectivity index (χ2v) is 5.15. The number of aromatic nitrogens is 2. The molecule has 18 heavy (non-hydrogen) atoms. The molecule has 0 spiro atoms. The molecule has 0 saturated carbocycles. The maximum atomic E-state index is 11.8. The fraction of sp³-hybridized carbons (Fsp3) is 0.667. The van der Waals surface area contributed by atoms with E-state index in [1.165, 1.54) is 0 Å². The van der Waals surface area contributed by atoms with Gasteiger partial charge in [-0.2, -0.15) is 5.10 Å². The molecule has 100 valence electrons. The number of nitrogens with zero attached hydrogens (tertiary/aromatic N) is 2. The minimum absolute atomic E-state index is 0.0709. The number of carbonyl (C=O) groups is 1. The molecular weight excluding hydrogens is 232 g/mol. The monoisotopic (exact) mass is 252 g/mol. The number of hydrogen-bond acceptors (Lipinski definition) is 4. The lowest BCUT2D eigenvalue weighted by molar-refractivity contribution is -0.130. The second-order valence-electron chi connectivity index (χ2n) is 5.15. The first-order valence-electron chi connectivity index (χ1n) is 6.18.